The zero-order valence-corrected chi connectivity index (χ0v) is 17.2. The number of rotatable bonds is 3. The largest absolute Gasteiger partial charge is 0.497 e. The van der Waals surface area contributed by atoms with Gasteiger partial charge in [-0.1, -0.05) is 24.3 Å². The topological polar surface area (TPSA) is 44.8 Å². The summed E-state index contributed by atoms with van der Waals surface area (Å²) in [5, 5.41) is 3.53. The molecule has 0 bridgehead atoms. The van der Waals surface area contributed by atoms with Crippen molar-refractivity contribution in [1.82, 2.24) is 15.1 Å². The molecule has 0 atom stereocenters. The van der Waals surface area contributed by atoms with Gasteiger partial charge in [-0.25, -0.2) is 0 Å². The van der Waals surface area contributed by atoms with Gasteiger partial charge in [0.25, 0.3) is 5.91 Å². The molecule has 5 heteroatoms. The number of nitrogens with one attached hydrogen (secondary N) is 1. The minimum atomic E-state index is -0.0531. The first kappa shape index (κ1) is 19.3. The van der Waals surface area contributed by atoms with E-state index in [1.54, 1.807) is 18.1 Å². The SMILES string of the molecule is COc1ccc(C2=CC(=O)N3C=C(N4CCNC(C)(C)C4)C=C/C3=C\C=C2)cc1. The first-order chi connectivity index (χ1) is 13.9. The van der Waals surface area contributed by atoms with Gasteiger partial charge in [-0.2, -0.15) is 0 Å². The highest BCUT2D eigenvalue weighted by atomic mass is 16.5. The van der Waals surface area contributed by atoms with Gasteiger partial charge in [0.1, 0.15) is 5.75 Å². The van der Waals surface area contributed by atoms with Gasteiger partial charge < -0.3 is 15.0 Å². The molecule has 0 saturated carbocycles. The molecule has 4 rings (SSSR count). The van der Waals surface area contributed by atoms with Crippen LogP contribution >= 0.6 is 0 Å². The molecule has 1 aromatic rings. The Kier molecular flexibility index (Phi) is 5.16. The number of carbonyl (C=O) groups is 1. The van der Waals surface area contributed by atoms with Crippen LogP contribution in [0.4, 0.5) is 0 Å². The van der Waals surface area contributed by atoms with Crippen molar-refractivity contribution in [2.45, 2.75) is 19.4 Å². The number of piperazine rings is 1. The van der Waals surface area contributed by atoms with E-state index in [0.29, 0.717) is 0 Å². The summed E-state index contributed by atoms with van der Waals surface area (Å²) in [5.41, 5.74) is 3.84. The highest BCUT2D eigenvalue weighted by Gasteiger charge is 2.28. The van der Waals surface area contributed by atoms with Gasteiger partial charge in [-0.3, -0.25) is 9.69 Å². The summed E-state index contributed by atoms with van der Waals surface area (Å²) in [4.78, 5) is 17.2. The standard InChI is InChI=1S/C24H27N3O2/c1-24(2)17-26(14-13-25-24)21-10-9-20-6-4-5-19(15-23(28)27(20)16-21)18-7-11-22(29-3)12-8-18/h4-12,15-16,25H,13-14,17H2,1-3H3/b5-4?,19-15?,20-6+. The van der Waals surface area contributed by atoms with Crippen LogP contribution in [0.3, 0.4) is 0 Å². The van der Waals surface area contributed by atoms with Crippen molar-refractivity contribution in [3.63, 3.8) is 0 Å². The summed E-state index contributed by atoms with van der Waals surface area (Å²) in [6.07, 6.45) is 13.7. The van der Waals surface area contributed by atoms with Crippen LogP contribution in [0.2, 0.25) is 0 Å². The van der Waals surface area contributed by atoms with Crippen molar-refractivity contribution >= 4 is 11.5 Å². The lowest BCUT2D eigenvalue weighted by Gasteiger charge is -2.42. The maximum Gasteiger partial charge on any atom is 0.255 e. The van der Waals surface area contributed by atoms with Gasteiger partial charge in [-0.15, -0.1) is 0 Å². The van der Waals surface area contributed by atoms with Gasteiger partial charge in [-0.05, 0) is 55.3 Å². The number of carbonyl (C=O) groups excluding carboxylic acids is 1. The van der Waals surface area contributed by atoms with Crippen LogP contribution in [0.5, 0.6) is 5.75 Å². The predicted octanol–water partition coefficient (Wildman–Crippen LogP) is 3.46. The third kappa shape index (κ3) is 4.20. The van der Waals surface area contributed by atoms with Gasteiger partial charge >= 0.3 is 0 Å². The molecule has 5 nitrogen and oxygen atoms in total. The molecule has 1 aromatic carbocycles. The van der Waals surface area contributed by atoms with E-state index in [9.17, 15) is 4.79 Å². The second-order valence-electron chi connectivity index (χ2n) is 8.11. The van der Waals surface area contributed by atoms with Crippen LogP contribution in [0.15, 0.2) is 78.3 Å². The molecule has 3 heterocycles. The lowest BCUT2D eigenvalue weighted by molar-refractivity contribution is -0.122. The fraction of sp³-hybridized carbons (Fsp3) is 0.292. The van der Waals surface area contributed by atoms with E-state index in [2.05, 4.69) is 30.1 Å². The minimum absolute atomic E-state index is 0.0491. The number of benzene rings is 1. The second-order valence-corrected chi connectivity index (χ2v) is 8.11. The third-order valence-corrected chi connectivity index (χ3v) is 5.38. The molecule has 1 N–H and O–H groups in total. The van der Waals surface area contributed by atoms with Crippen molar-refractivity contribution in [1.29, 1.82) is 0 Å². The molecule has 1 fully saturated rings. The Bertz CT molecular complexity index is 949. The summed E-state index contributed by atoms with van der Waals surface area (Å²) >= 11 is 0. The van der Waals surface area contributed by atoms with Gasteiger partial charge in [0.2, 0.25) is 0 Å². The Morgan fingerprint density at radius 1 is 1.07 bits per heavy atom. The zero-order valence-electron chi connectivity index (χ0n) is 17.2. The van der Waals surface area contributed by atoms with Crippen LogP contribution in [-0.4, -0.2) is 48.0 Å². The molecule has 0 unspecified atom stereocenters. The molecule has 150 valence electrons. The number of hydrogen-bond acceptors (Lipinski definition) is 4. The van der Waals surface area contributed by atoms with E-state index in [1.807, 2.05) is 54.8 Å². The highest BCUT2D eigenvalue weighted by molar-refractivity contribution is 5.99. The molecule has 0 radical (unpaired) electrons. The number of allylic oxidation sites excluding steroid dienone is 6. The molecule has 1 amide bonds. The fourth-order valence-corrected chi connectivity index (χ4v) is 3.84. The smallest absolute Gasteiger partial charge is 0.255 e. The Morgan fingerprint density at radius 3 is 2.55 bits per heavy atom. The molecule has 3 aliphatic rings. The van der Waals surface area contributed by atoms with Gasteiger partial charge in [0, 0.05) is 43.1 Å². The lowest BCUT2D eigenvalue weighted by Crippen LogP contribution is -2.56. The third-order valence-electron chi connectivity index (χ3n) is 5.38. The maximum absolute atomic E-state index is 13.1. The molecular formula is C24H27N3O2. The van der Waals surface area contributed by atoms with Crippen LogP contribution in [0, 0.1) is 0 Å². The maximum atomic E-state index is 13.1. The quantitative estimate of drug-likeness (QED) is 0.860. The summed E-state index contributed by atoms with van der Waals surface area (Å²) in [7, 11) is 1.65. The number of methoxy groups -OCH3 is 1. The number of fused-ring (bicyclic) bond motifs is 1. The Balaban J connectivity index is 1.62. The number of nitrogens with zero attached hydrogens (tertiary/aromatic N) is 2. The van der Waals surface area contributed by atoms with E-state index in [-0.39, 0.29) is 11.4 Å². The number of amides is 1. The molecule has 0 aliphatic carbocycles. The molecule has 1 saturated heterocycles. The Morgan fingerprint density at radius 2 is 1.83 bits per heavy atom. The second kappa shape index (κ2) is 7.76. The molecule has 29 heavy (non-hydrogen) atoms. The highest BCUT2D eigenvalue weighted by Crippen LogP contribution is 2.27. The van der Waals surface area contributed by atoms with Crippen molar-refractivity contribution < 1.29 is 9.53 Å². The molecule has 0 aromatic heterocycles. The van der Waals surface area contributed by atoms with Crippen LogP contribution in [0.1, 0.15) is 19.4 Å². The Hall–Kier alpha value is -3.05. The summed E-state index contributed by atoms with van der Waals surface area (Å²) in [6.45, 7) is 7.16. The van der Waals surface area contributed by atoms with E-state index in [1.165, 1.54) is 0 Å². The van der Waals surface area contributed by atoms with E-state index in [0.717, 1.165) is 47.9 Å². The first-order valence-electron chi connectivity index (χ1n) is 9.93. The van der Waals surface area contributed by atoms with Crippen molar-refractivity contribution in [3.05, 3.63) is 83.9 Å². The van der Waals surface area contributed by atoms with Crippen molar-refractivity contribution in [3.8, 4) is 5.75 Å². The van der Waals surface area contributed by atoms with Crippen LogP contribution in [0.25, 0.3) is 5.57 Å². The normalized spacial score (nSPS) is 22.7. The van der Waals surface area contributed by atoms with Crippen molar-refractivity contribution in [2.24, 2.45) is 0 Å². The summed E-state index contributed by atoms with van der Waals surface area (Å²) in [6, 6.07) is 7.74. The summed E-state index contributed by atoms with van der Waals surface area (Å²) in [5.74, 6) is 0.744. The van der Waals surface area contributed by atoms with E-state index < -0.39 is 0 Å². The number of hydrogen-bond donors (Lipinski definition) is 1. The minimum Gasteiger partial charge on any atom is -0.497 e. The lowest BCUT2D eigenvalue weighted by atomic mass is 10.0. The first-order valence-corrected chi connectivity index (χ1v) is 9.93. The van der Waals surface area contributed by atoms with E-state index in [4.69, 9.17) is 4.74 Å². The number of ether oxygens (including phenoxy) is 1. The van der Waals surface area contributed by atoms with E-state index >= 15 is 0 Å². The molecular weight excluding hydrogens is 362 g/mol. The fourth-order valence-electron chi connectivity index (χ4n) is 3.84. The average Bonchev–Trinajstić information content (AvgIpc) is 2.71. The Labute approximate surface area is 172 Å². The molecule has 0 spiro atoms. The van der Waals surface area contributed by atoms with Crippen LogP contribution in [-0.2, 0) is 4.79 Å². The van der Waals surface area contributed by atoms with Crippen LogP contribution < -0.4 is 10.1 Å². The monoisotopic (exact) mass is 389 g/mol. The van der Waals surface area contributed by atoms with Gasteiger partial charge in [0.05, 0.1) is 12.8 Å². The molecule has 3 aliphatic heterocycles. The average molecular weight is 389 g/mol. The van der Waals surface area contributed by atoms with Gasteiger partial charge in [0.15, 0.2) is 0 Å². The van der Waals surface area contributed by atoms with Crippen molar-refractivity contribution in [2.75, 3.05) is 26.7 Å². The summed E-state index contributed by atoms with van der Waals surface area (Å²) < 4.78 is 5.23. The predicted molar refractivity (Wildman–Crippen MR) is 116 cm³/mol. The zero-order chi connectivity index (χ0) is 20.4.